The van der Waals surface area contributed by atoms with Crippen molar-refractivity contribution in [3.63, 3.8) is 0 Å². The van der Waals surface area contributed by atoms with Crippen LogP contribution in [0.1, 0.15) is 34.6 Å². The molecule has 0 aromatic rings. The molecule has 0 spiro atoms. The molecule has 28 heteroatoms. The number of aliphatic imine (C=N–C) groups is 1. The van der Waals surface area contributed by atoms with Crippen molar-refractivity contribution in [3.05, 3.63) is 0 Å². The van der Waals surface area contributed by atoms with Gasteiger partial charge in [-0.15, -0.1) is 0 Å². The number of nitrogens with zero attached hydrogens (tertiary/aromatic N) is 1. The quantitative estimate of drug-likeness (QED) is 0.172. The molecule has 56 heavy (non-hydrogen) atoms. The fraction of sp³-hybridized carbons (Fsp3) is 0.714. The molecule has 2 N–H and O–H groups in total. The summed E-state index contributed by atoms with van der Waals surface area (Å²) in [4.78, 5) is 92.2. The first-order valence-electron chi connectivity index (χ1n) is 15.4. The Hall–Kier alpha value is -1.75. The van der Waals surface area contributed by atoms with Crippen LogP contribution in [0.5, 0.6) is 0 Å². The van der Waals surface area contributed by atoms with E-state index in [0.717, 1.165) is 34.6 Å². The molecule has 2 fully saturated rings. The third-order valence-corrected chi connectivity index (χ3v) is 8.88. The van der Waals surface area contributed by atoms with E-state index in [1.807, 2.05) is 0 Å². The number of alkyl halides is 9. The minimum atomic E-state index is -2.74. The van der Waals surface area contributed by atoms with E-state index in [4.69, 9.17) is 147 Å². The number of fused-ring (bicyclic) bond motifs is 1. The van der Waals surface area contributed by atoms with Gasteiger partial charge in [0, 0.05) is 34.6 Å². The standard InChI is InChI=1S/C28H30Cl9N3O16/c1-8(41)48-6-13-16(50-10(3)43)18(51-11(4)44)15(38-21(46)26(29,30)31)20(53-13)55-17-14(7-49-9(2)42)54-24-25(19(17)52-12(5)45,39-22(47)27(32,33)34)40-23(56-24)28(35,36)37/h13-20,24H,6-7H2,1-5H3,(H,38,46)(H,39,47)/t13-,14-,15-,16-,17-,18+,19-,20+,24-,25-/m1/s1. The molecule has 316 valence electrons. The van der Waals surface area contributed by atoms with Crippen LogP contribution in [0.15, 0.2) is 4.99 Å². The number of hydrogen-bond acceptors (Lipinski definition) is 17. The van der Waals surface area contributed by atoms with Gasteiger partial charge in [0.05, 0.1) is 0 Å². The third-order valence-electron chi connectivity index (χ3n) is 7.37. The molecule has 0 saturated carbocycles. The first-order chi connectivity index (χ1) is 25.6. The highest BCUT2D eigenvalue weighted by atomic mass is 35.6. The molecule has 2 amide bonds. The Balaban J connectivity index is 2.35. The largest absolute Gasteiger partial charge is 0.463 e. The molecule has 0 bridgehead atoms. The first kappa shape index (κ1) is 48.6. The SMILES string of the molecule is CC(=O)OC[C@H]1O[C@@H](O[C@H]2[C@@H](OC(C)=O)[C@@]3(NC(=O)C(Cl)(Cl)Cl)N=C(C(Cl)(Cl)Cl)O[C@H]3O[C@@H]2COC(C)=O)[C@H](NC(=O)C(Cl)(Cl)Cl)[C@H](OC(C)=O)[C@@H]1OC(C)=O. The second-order valence-corrected chi connectivity index (χ2v) is 18.6. The molecule has 2 saturated heterocycles. The molecule has 3 aliphatic heterocycles. The van der Waals surface area contributed by atoms with E-state index in [1.54, 1.807) is 0 Å². The average molecular weight is 984 g/mol. The van der Waals surface area contributed by atoms with Crippen LogP contribution in [0.2, 0.25) is 0 Å². The van der Waals surface area contributed by atoms with Crippen LogP contribution in [-0.4, -0.2) is 133 Å². The van der Waals surface area contributed by atoms with Crippen molar-refractivity contribution in [2.75, 3.05) is 13.2 Å². The molecular formula is C28H30Cl9N3O16. The van der Waals surface area contributed by atoms with Gasteiger partial charge < -0.3 is 53.3 Å². The predicted octanol–water partition coefficient (Wildman–Crippen LogP) is 2.58. The molecule has 0 aromatic heterocycles. The number of rotatable bonds is 11. The highest BCUT2D eigenvalue weighted by molar-refractivity contribution is 6.77. The van der Waals surface area contributed by atoms with E-state index < -0.39 is 133 Å². The van der Waals surface area contributed by atoms with Crippen LogP contribution < -0.4 is 10.6 Å². The Morgan fingerprint density at radius 2 is 1.14 bits per heavy atom. The van der Waals surface area contributed by atoms with Gasteiger partial charge in [0.15, 0.2) is 24.6 Å². The lowest BCUT2D eigenvalue weighted by Crippen LogP contribution is -2.75. The second kappa shape index (κ2) is 19.1. The number of halogens is 9. The van der Waals surface area contributed by atoms with Gasteiger partial charge >= 0.3 is 29.8 Å². The molecule has 0 aromatic carbocycles. The molecule has 0 radical (unpaired) electrons. The van der Waals surface area contributed by atoms with Crippen molar-refractivity contribution in [2.24, 2.45) is 4.99 Å². The summed E-state index contributed by atoms with van der Waals surface area (Å²) in [5, 5.41) is 4.53. The molecule has 3 heterocycles. The van der Waals surface area contributed by atoms with Gasteiger partial charge in [-0.3, -0.25) is 33.6 Å². The van der Waals surface area contributed by atoms with E-state index in [-0.39, 0.29) is 0 Å². The van der Waals surface area contributed by atoms with Crippen LogP contribution in [0.25, 0.3) is 0 Å². The number of nitrogens with one attached hydrogen (secondary N) is 2. The number of carbonyl (C=O) groups is 7. The second-order valence-electron chi connectivity index (χ2n) is 11.7. The maximum Gasteiger partial charge on any atom is 0.303 e. The smallest absolute Gasteiger partial charge is 0.303 e. The molecule has 10 atom stereocenters. The van der Waals surface area contributed by atoms with E-state index in [9.17, 15) is 33.6 Å². The summed E-state index contributed by atoms with van der Waals surface area (Å²) in [5.41, 5.74) is -2.60. The number of hydrogen-bond donors (Lipinski definition) is 2. The molecule has 3 aliphatic rings. The van der Waals surface area contributed by atoms with Crippen LogP contribution in [0.3, 0.4) is 0 Å². The first-order valence-corrected chi connectivity index (χ1v) is 18.8. The van der Waals surface area contributed by atoms with Crippen LogP contribution >= 0.6 is 104 Å². The molecule has 3 rings (SSSR count). The van der Waals surface area contributed by atoms with Crippen molar-refractivity contribution < 1.29 is 76.2 Å². The molecular weight excluding hydrogens is 953 g/mol. The maximum absolute atomic E-state index is 13.3. The van der Waals surface area contributed by atoms with Gasteiger partial charge in [0.25, 0.3) is 23.2 Å². The lowest BCUT2D eigenvalue weighted by atomic mass is 9.90. The highest BCUT2D eigenvalue weighted by Gasteiger charge is 2.68. The summed E-state index contributed by atoms with van der Waals surface area (Å²) < 4.78 is 42.9. The summed E-state index contributed by atoms with van der Waals surface area (Å²) in [5.74, 6) is -8.36. The van der Waals surface area contributed by atoms with Crippen LogP contribution in [0.4, 0.5) is 0 Å². The summed E-state index contributed by atoms with van der Waals surface area (Å²) in [6, 6.07) is -1.86. The summed E-state index contributed by atoms with van der Waals surface area (Å²) >= 11 is 53.3. The van der Waals surface area contributed by atoms with Crippen molar-refractivity contribution in [3.8, 4) is 0 Å². The number of esters is 5. The average Bonchev–Trinajstić information content (AvgIpc) is 3.41. The monoisotopic (exact) mass is 979 g/mol. The molecule has 0 aliphatic carbocycles. The number of ether oxygens (including phenoxy) is 9. The fourth-order valence-electron chi connectivity index (χ4n) is 5.38. The summed E-state index contributed by atoms with van der Waals surface area (Å²) in [7, 11) is 0. The van der Waals surface area contributed by atoms with E-state index in [2.05, 4.69) is 15.6 Å². The minimum Gasteiger partial charge on any atom is -0.463 e. The normalized spacial score (nSPS) is 30.3. The lowest BCUT2D eigenvalue weighted by Gasteiger charge is -2.51. The van der Waals surface area contributed by atoms with Crippen molar-refractivity contribution in [2.45, 2.75) is 107 Å². The number of carbonyl (C=O) groups excluding carboxylic acids is 7. The van der Waals surface area contributed by atoms with Gasteiger partial charge in [-0.25, -0.2) is 4.99 Å². The van der Waals surface area contributed by atoms with Crippen molar-refractivity contribution >= 4 is 152 Å². The summed E-state index contributed by atoms with van der Waals surface area (Å²) in [6.45, 7) is 3.43. The maximum atomic E-state index is 13.3. The third kappa shape index (κ3) is 12.6. The van der Waals surface area contributed by atoms with Gasteiger partial charge in [-0.2, -0.15) is 0 Å². The van der Waals surface area contributed by atoms with Crippen LogP contribution in [0, 0.1) is 0 Å². The minimum absolute atomic E-state index is 0.711. The van der Waals surface area contributed by atoms with E-state index in [1.165, 1.54) is 0 Å². The van der Waals surface area contributed by atoms with Crippen molar-refractivity contribution in [1.82, 2.24) is 10.6 Å². The predicted molar refractivity (Wildman–Crippen MR) is 194 cm³/mol. The highest BCUT2D eigenvalue weighted by Crippen LogP contribution is 2.45. The van der Waals surface area contributed by atoms with Gasteiger partial charge in [0.1, 0.15) is 37.6 Å². The fourth-order valence-corrected chi connectivity index (χ4v) is 5.94. The lowest BCUT2D eigenvalue weighted by molar-refractivity contribution is -0.335. The van der Waals surface area contributed by atoms with Gasteiger partial charge in [0.2, 0.25) is 17.9 Å². The Bertz CT molecular complexity index is 1590. The Labute approximate surface area is 361 Å². The molecule has 0 unspecified atom stereocenters. The zero-order chi connectivity index (χ0) is 42.7. The van der Waals surface area contributed by atoms with Crippen LogP contribution in [-0.2, 0) is 76.2 Å². The Morgan fingerprint density at radius 3 is 1.59 bits per heavy atom. The summed E-state index contributed by atoms with van der Waals surface area (Å²) in [6.07, 6.45) is -14.7. The van der Waals surface area contributed by atoms with Gasteiger partial charge in [-0.1, -0.05) is 104 Å². The van der Waals surface area contributed by atoms with E-state index in [0.29, 0.717) is 0 Å². The van der Waals surface area contributed by atoms with E-state index >= 15 is 0 Å². The van der Waals surface area contributed by atoms with Gasteiger partial charge in [-0.05, 0) is 0 Å². The zero-order valence-corrected chi connectivity index (χ0v) is 35.8. The number of amides is 2. The zero-order valence-electron chi connectivity index (χ0n) is 29.0. The van der Waals surface area contributed by atoms with Crippen molar-refractivity contribution in [1.29, 1.82) is 0 Å². The topological polar surface area (TPSA) is 239 Å². The molecule has 19 nitrogen and oxygen atoms in total. The Morgan fingerprint density at radius 1 is 0.661 bits per heavy atom. The Kier molecular flexibility index (Phi) is 16.6.